The van der Waals surface area contributed by atoms with Crippen LogP contribution in [0, 0.1) is 11.3 Å². The van der Waals surface area contributed by atoms with Crippen molar-refractivity contribution in [2.45, 2.75) is 19.5 Å². The van der Waals surface area contributed by atoms with Crippen molar-refractivity contribution >= 4 is 57.8 Å². The maximum Gasteiger partial charge on any atom is 0.173 e. The van der Waals surface area contributed by atoms with Crippen molar-refractivity contribution in [3.63, 3.8) is 0 Å². The van der Waals surface area contributed by atoms with Crippen LogP contribution in [0.25, 0.3) is 0 Å². The Balaban J connectivity index is 1.51. The molecule has 0 aliphatic heterocycles. The molecule has 36 heavy (non-hydrogen) atoms. The number of hydrogen-bond acceptors (Lipinski definition) is 3. The fourth-order valence-corrected chi connectivity index (χ4v) is 4.57. The minimum atomic E-state index is 0.482. The molecule has 0 aliphatic carbocycles. The van der Waals surface area contributed by atoms with Gasteiger partial charge in [0.1, 0.15) is 0 Å². The highest BCUT2D eigenvalue weighted by atomic mass is 35.5. The van der Waals surface area contributed by atoms with Crippen LogP contribution in [-0.2, 0) is 19.5 Å². The molecule has 0 fully saturated rings. The van der Waals surface area contributed by atoms with Crippen LogP contribution in [0.1, 0.15) is 22.4 Å². The van der Waals surface area contributed by atoms with Crippen LogP contribution in [0.4, 0.5) is 5.69 Å². The summed E-state index contributed by atoms with van der Waals surface area (Å²) < 4.78 is 2.10. The molecule has 9 heteroatoms. The van der Waals surface area contributed by atoms with Gasteiger partial charge in [0.05, 0.1) is 28.0 Å². The van der Waals surface area contributed by atoms with Crippen molar-refractivity contribution in [1.29, 1.82) is 5.26 Å². The first-order chi connectivity index (χ1) is 17.4. The van der Waals surface area contributed by atoms with Crippen molar-refractivity contribution in [2.24, 2.45) is 0 Å². The van der Waals surface area contributed by atoms with Crippen molar-refractivity contribution < 1.29 is 0 Å². The van der Waals surface area contributed by atoms with E-state index in [0.29, 0.717) is 51.8 Å². The first-order valence-corrected chi connectivity index (χ1v) is 12.7. The molecule has 182 valence electrons. The molecule has 0 saturated carbocycles. The molecule has 0 saturated heterocycles. The number of thiocarbonyl (C=S) groups is 1. The van der Waals surface area contributed by atoms with Gasteiger partial charge in [0, 0.05) is 48.7 Å². The van der Waals surface area contributed by atoms with Gasteiger partial charge in [-0.15, -0.1) is 0 Å². The highest BCUT2D eigenvalue weighted by Gasteiger charge is 2.15. The zero-order valence-corrected chi connectivity index (χ0v) is 22.2. The van der Waals surface area contributed by atoms with Crippen LogP contribution < -0.4 is 5.32 Å². The third kappa shape index (κ3) is 6.77. The number of anilines is 1. The standard InChI is InChI=1S/C27H22Cl3N5S/c28-22-4-2-5-23(13-22)33-27(36)34(17-21-3-1-6-25(29)26(21)30)12-11-24-15-32-18-35(24)16-20-9-7-19(14-31)8-10-20/h1-10,13,15,18H,11-12,16-17H2,(H,33,36). The molecule has 3 aromatic carbocycles. The van der Waals surface area contributed by atoms with E-state index < -0.39 is 0 Å². The molecule has 1 heterocycles. The highest BCUT2D eigenvalue weighted by Crippen LogP contribution is 2.27. The van der Waals surface area contributed by atoms with Gasteiger partial charge in [-0.25, -0.2) is 4.98 Å². The summed E-state index contributed by atoms with van der Waals surface area (Å²) in [5.74, 6) is 0. The lowest BCUT2D eigenvalue weighted by atomic mass is 10.1. The van der Waals surface area contributed by atoms with Gasteiger partial charge in [-0.1, -0.05) is 65.1 Å². The van der Waals surface area contributed by atoms with E-state index in [1.165, 1.54) is 0 Å². The Kier molecular flexibility index (Phi) is 8.84. The van der Waals surface area contributed by atoms with Crippen LogP contribution in [0.15, 0.2) is 79.3 Å². The summed E-state index contributed by atoms with van der Waals surface area (Å²) in [5, 5.41) is 14.5. The van der Waals surface area contributed by atoms with Gasteiger partial charge in [-0.2, -0.15) is 5.26 Å². The zero-order valence-electron chi connectivity index (χ0n) is 19.2. The molecular weight excluding hydrogens is 533 g/mol. The van der Waals surface area contributed by atoms with Gasteiger partial charge in [-0.3, -0.25) is 0 Å². The molecule has 5 nitrogen and oxygen atoms in total. The molecule has 0 radical (unpaired) electrons. The van der Waals surface area contributed by atoms with E-state index in [0.717, 1.165) is 22.5 Å². The molecule has 1 N–H and O–H groups in total. The number of imidazole rings is 1. The van der Waals surface area contributed by atoms with Crippen LogP contribution in [0.2, 0.25) is 15.1 Å². The summed E-state index contributed by atoms with van der Waals surface area (Å²) in [4.78, 5) is 6.40. The normalized spacial score (nSPS) is 10.6. The van der Waals surface area contributed by atoms with Crippen molar-refractivity contribution in [3.05, 3.63) is 117 Å². The second-order valence-corrected chi connectivity index (χ2v) is 9.75. The van der Waals surface area contributed by atoms with Crippen LogP contribution in [0.5, 0.6) is 0 Å². The van der Waals surface area contributed by atoms with Gasteiger partial charge in [0.15, 0.2) is 5.11 Å². The number of halogens is 3. The number of nitrogens with zero attached hydrogens (tertiary/aromatic N) is 4. The highest BCUT2D eigenvalue weighted by molar-refractivity contribution is 7.80. The van der Waals surface area contributed by atoms with E-state index in [9.17, 15) is 0 Å². The fraction of sp³-hybridized carbons (Fsp3) is 0.148. The molecule has 4 rings (SSSR count). The summed E-state index contributed by atoms with van der Waals surface area (Å²) in [7, 11) is 0. The van der Waals surface area contributed by atoms with Crippen LogP contribution >= 0.6 is 47.0 Å². The van der Waals surface area contributed by atoms with E-state index in [4.69, 9.17) is 52.3 Å². The Morgan fingerprint density at radius 3 is 2.58 bits per heavy atom. The zero-order chi connectivity index (χ0) is 25.5. The maximum atomic E-state index is 9.03. The number of hydrogen-bond donors (Lipinski definition) is 1. The predicted molar refractivity (Wildman–Crippen MR) is 151 cm³/mol. The predicted octanol–water partition coefficient (Wildman–Crippen LogP) is 7.20. The largest absolute Gasteiger partial charge is 0.344 e. The molecule has 0 bridgehead atoms. The lowest BCUT2D eigenvalue weighted by molar-refractivity contribution is 0.418. The number of nitriles is 1. The van der Waals surface area contributed by atoms with Gasteiger partial charge >= 0.3 is 0 Å². The molecule has 0 aliphatic rings. The number of rotatable bonds is 8. The van der Waals surface area contributed by atoms with Gasteiger partial charge in [0.25, 0.3) is 0 Å². The third-order valence-electron chi connectivity index (χ3n) is 5.63. The molecule has 0 amide bonds. The van der Waals surface area contributed by atoms with Crippen molar-refractivity contribution in [3.8, 4) is 6.07 Å². The Labute approximate surface area is 230 Å². The average molecular weight is 555 g/mol. The molecule has 4 aromatic rings. The van der Waals surface area contributed by atoms with Gasteiger partial charge in [-0.05, 0) is 59.7 Å². The Morgan fingerprint density at radius 2 is 1.83 bits per heavy atom. The average Bonchev–Trinajstić information content (AvgIpc) is 3.31. The van der Waals surface area contributed by atoms with E-state index in [2.05, 4.69) is 20.9 Å². The summed E-state index contributed by atoms with van der Waals surface area (Å²) >= 11 is 24.7. The van der Waals surface area contributed by atoms with Crippen LogP contribution in [-0.4, -0.2) is 26.1 Å². The summed E-state index contributed by atoms with van der Waals surface area (Å²) in [6.07, 6.45) is 4.38. The molecule has 0 atom stereocenters. The fourth-order valence-electron chi connectivity index (χ4n) is 3.73. The summed E-state index contributed by atoms with van der Waals surface area (Å²) in [5.41, 5.74) is 4.48. The van der Waals surface area contributed by atoms with Gasteiger partial charge in [0.2, 0.25) is 0 Å². The van der Waals surface area contributed by atoms with E-state index in [-0.39, 0.29) is 0 Å². The van der Waals surface area contributed by atoms with Crippen LogP contribution in [0.3, 0.4) is 0 Å². The molecule has 1 aromatic heterocycles. The second kappa shape index (κ2) is 12.2. The monoisotopic (exact) mass is 553 g/mol. The summed E-state index contributed by atoms with van der Waals surface area (Å²) in [6.45, 7) is 1.76. The topological polar surface area (TPSA) is 56.9 Å². The van der Waals surface area contributed by atoms with E-state index in [1.54, 1.807) is 6.07 Å². The lowest BCUT2D eigenvalue weighted by Gasteiger charge is -2.27. The van der Waals surface area contributed by atoms with Gasteiger partial charge < -0.3 is 14.8 Å². The second-order valence-electron chi connectivity index (χ2n) is 8.15. The van der Waals surface area contributed by atoms with E-state index in [1.807, 2.05) is 78.1 Å². The SMILES string of the molecule is N#Cc1ccc(Cn2cncc2CCN(Cc2cccc(Cl)c2Cl)C(=S)Nc2cccc(Cl)c2)cc1. The van der Waals surface area contributed by atoms with Crippen molar-refractivity contribution in [2.75, 3.05) is 11.9 Å². The van der Waals surface area contributed by atoms with E-state index >= 15 is 0 Å². The Bertz CT molecular complexity index is 1400. The smallest absolute Gasteiger partial charge is 0.173 e. The maximum absolute atomic E-state index is 9.03. The summed E-state index contributed by atoms with van der Waals surface area (Å²) in [6, 6.07) is 22.7. The minimum Gasteiger partial charge on any atom is -0.344 e. The minimum absolute atomic E-state index is 0.482. The molecule has 0 spiro atoms. The third-order valence-corrected chi connectivity index (χ3v) is 7.08. The molecular formula is C27H22Cl3N5S. The number of benzene rings is 3. The van der Waals surface area contributed by atoms with Crippen molar-refractivity contribution in [1.82, 2.24) is 14.5 Å². The quantitative estimate of drug-likeness (QED) is 0.233. The first kappa shape index (κ1) is 26.0. The Hall–Kier alpha value is -3.08. The number of nitrogens with one attached hydrogen (secondary N) is 1. The molecule has 0 unspecified atom stereocenters. The first-order valence-electron chi connectivity index (χ1n) is 11.2. The Morgan fingerprint density at radius 1 is 1.06 bits per heavy atom. The number of aromatic nitrogens is 2. The lowest BCUT2D eigenvalue weighted by Crippen LogP contribution is -2.36.